The molecule has 4 aromatic rings. The van der Waals surface area contributed by atoms with Crippen LogP contribution in [0.15, 0.2) is 87.8 Å². The molecule has 0 saturated heterocycles. The molecular weight excluding hydrogens is 538 g/mol. The third-order valence-electron chi connectivity index (χ3n) is 4.87. The van der Waals surface area contributed by atoms with Gasteiger partial charge in [-0.15, -0.1) is 0 Å². The molecule has 5 heteroatoms. The predicted molar refractivity (Wildman–Crippen MR) is 135 cm³/mol. The van der Waals surface area contributed by atoms with Crippen molar-refractivity contribution >= 4 is 65.9 Å². The van der Waals surface area contributed by atoms with Gasteiger partial charge >= 0.3 is 0 Å². The van der Waals surface area contributed by atoms with E-state index in [4.69, 9.17) is 16.3 Å². The maximum Gasteiger partial charge on any atom is 0.148 e. The molecule has 0 saturated carbocycles. The number of nitriles is 1. The Kier molecular flexibility index (Phi) is 6.77. The Bertz CT molecular complexity index is 1310. The van der Waals surface area contributed by atoms with Crippen LogP contribution in [-0.4, -0.2) is 0 Å². The van der Waals surface area contributed by atoms with Crippen molar-refractivity contribution < 1.29 is 4.74 Å². The number of allylic oxidation sites excluding steroid dienone is 1. The molecule has 0 aliphatic heterocycles. The summed E-state index contributed by atoms with van der Waals surface area (Å²) in [4.78, 5) is 0. The minimum Gasteiger partial charge on any atom is -0.487 e. The van der Waals surface area contributed by atoms with E-state index in [1.54, 1.807) is 6.07 Å². The van der Waals surface area contributed by atoms with Gasteiger partial charge in [-0.05, 0) is 78.0 Å². The van der Waals surface area contributed by atoms with Gasteiger partial charge in [0.25, 0.3) is 0 Å². The van der Waals surface area contributed by atoms with Gasteiger partial charge in [0.2, 0.25) is 0 Å². The standard InChI is InChI=1S/C26H16Br2ClNO/c27-23-13-17(12-20(15-30)22-10-3-4-11-25(22)29)14-24(28)26(23)31-16-19-8-5-7-18-6-1-2-9-21(18)19/h1-14H,16H2. The molecular formula is C26H16Br2ClNO. The zero-order chi connectivity index (χ0) is 21.8. The molecule has 0 bridgehead atoms. The van der Waals surface area contributed by atoms with Crippen molar-refractivity contribution in [2.75, 3.05) is 0 Å². The van der Waals surface area contributed by atoms with Gasteiger partial charge in [-0.3, -0.25) is 0 Å². The Morgan fingerprint density at radius 3 is 2.35 bits per heavy atom. The molecule has 0 N–H and O–H groups in total. The van der Waals surface area contributed by atoms with E-state index in [0.717, 1.165) is 20.1 Å². The minimum absolute atomic E-state index is 0.441. The van der Waals surface area contributed by atoms with Crippen LogP contribution in [0.1, 0.15) is 16.7 Å². The van der Waals surface area contributed by atoms with Crippen molar-refractivity contribution in [3.8, 4) is 11.8 Å². The third-order valence-corrected chi connectivity index (χ3v) is 6.38. The Hall–Kier alpha value is -2.58. The first kappa shape index (κ1) is 21.6. The van der Waals surface area contributed by atoms with E-state index >= 15 is 0 Å². The molecule has 4 rings (SSSR count). The van der Waals surface area contributed by atoms with Crippen molar-refractivity contribution in [1.82, 2.24) is 0 Å². The highest BCUT2D eigenvalue weighted by Gasteiger charge is 2.12. The summed E-state index contributed by atoms with van der Waals surface area (Å²) in [5.74, 6) is 0.710. The van der Waals surface area contributed by atoms with E-state index in [-0.39, 0.29) is 0 Å². The lowest BCUT2D eigenvalue weighted by Gasteiger charge is -2.13. The summed E-state index contributed by atoms with van der Waals surface area (Å²) in [6, 6.07) is 27.9. The van der Waals surface area contributed by atoms with Crippen LogP contribution in [0.4, 0.5) is 0 Å². The first-order valence-electron chi connectivity index (χ1n) is 9.52. The Balaban J connectivity index is 1.62. The zero-order valence-electron chi connectivity index (χ0n) is 16.3. The summed E-state index contributed by atoms with van der Waals surface area (Å²) in [7, 11) is 0. The summed E-state index contributed by atoms with van der Waals surface area (Å²) in [6.45, 7) is 0.441. The molecule has 0 unspecified atom stereocenters. The van der Waals surface area contributed by atoms with E-state index in [0.29, 0.717) is 28.5 Å². The number of ether oxygens (including phenoxy) is 1. The average molecular weight is 554 g/mol. The maximum absolute atomic E-state index is 9.63. The minimum atomic E-state index is 0.441. The van der Waals surface area contributed by atoms with Gasteiger partial charge in [0.1, 0.15) is 12.4 Å². The number of hydrogen-bond donors (Lipinski definition) is 0. The lowest BCUT2D eigenvalue weighted by molar-refractivity contribution is 0.303. The summed E-state index contributed by atoms with van der Waals surface area (Å²) in [5.41, 5.74) is 3.17. The van der Waals surface area contributed by atoms with Crippen molar-refractivity contribution in [1.29, 1.82) is 5.26 Å². The second kappa shape index (κ2) is 9.70. The zero-order valence-corrected chi connectivity index (χ0v) is 20.2. The van der Waals surface area contributed by atoms with Gasteiger partial charge in [0.15, 0.2) is 0 Å². The Morgan fingerprint density at radius 1 is 0.935 bits per heavy atom. The van der Waals surface area contributed by atoms with Crippen LogP contribution in [0.3, 0.4) is 0 Å². The highest BCUT2D eigenvalue weighted by atomic mass is 79.9. The maximum atomic E-state index is 9.63. The van der Waals surface area contributed by atoms with E-state index in [9.17, 15) is 5.26 Å². The summed E-state index contributed by atoms with van der Waals surface area (Å²) >= 11 is 13.5. The number of halogens is 3. The van der Waals surface area contributed by atoms with E-state index in [1.807, 2.05) is 54.6 Å². The second-order valence-electron chi connectivity index (χ2n) is 6.89. The fourth-order valence-corrected chi connectivity index (χ4v) is 5.07. The van der Waals surface area contributed by atoms with Crippen molar-refractivity contribution in [3.63, 3.8) is 0 Å². The fraction of sp³-hybridized carbons (Fsp3) is 0.0385. The van der Waals surface area contributed by atoms with Crippen LogP contribution >= 0.6 is 43.5 Å². The molecule has 0 amide bonds. The number of benzene rings is 4. The third kappa shape index (κ3) is 4.85. The van der Waals surface area contributed by atoms with Crippen molar-refractivity contribution in [2.24, 2.45) is 0 Å². The Labute approximate surface area is 203 Å². The van der Waals surface area contributed by atoms with E-state index in [1.165, 1.54) is 10.8 Å². The smallest absolute Gasteiger partial charge is 0.148 e. The highest BCUT2D eigenvalue weighted by Crippen LogP contribution is 2.37. The lowest BCUT2D eigenvalue weighted by Crippen LogP contribution is -1.98. The van der Waals surface area contributed by atoms with Crippen LogP contribution in [0.5, 0.6) is 5.75 Å². The van der Waals surface area contributed by atoms with Crippen LogP contribution < -0.4 is 4.74 Å². The first-order valence-corrected chi connectivity index (χ1v) is 11.5. The SMILES string of the molecule is N#CC(=Cc1cc(Br)c(OCc2cccc3ccccc23)c(Br)c1)c1ccccc1Cl. The van der Waals surface area contributed by atoms with Crippen LogP contribution in [0.25, 0.3) is 22.4 Å². The molecule has 2 nitrogen and oxygen atoms in total. The molecule has 31 heavy (non-hydrogen) atoms. The molecule has 4 aromatic carbocycles. The summed E-state index contributed by atoms with van der Waals surface area (Å²) in [6.07, 6.45) is 1.81. The number of hydrogen-bond acceptors (Lipinski definition) is 2. The molecule has 0 atom stereocenters. The van der Waals surface area contributed by atoms with Gasteiger partial charge in [-0.25, -0.2) is 0 Å². The molecule has 0 aliphatic rings. The lowest BCUT2D eigenvalue weighted by atomic mass is 10.0. The molecule has 152 valence electrons. The van der Waals surface area contributed by atoms with Gasteiger partial charge in [-0.2, -0.15) is 5.26 Å². The molecule has 0 aliphatic carbocycles. The second-order valence-corrected chi connectivity index (χ2v) is 9.01. The van der Waals surface area contributed by atoms with E-state index in [2.05, 4.69) is 62.2 Å². The monoisotopic (exact) mass is 551 g/mol. The fourth-order valence-electron chi connectivity index (χ4n) is 3.39. The van der Waals surface area contributed by atoms with Crippen molar-refractivity contribution in [2.45, 2.75) is 6.61 Å². The normalized spacial score (nSPS) is 11.4. The van der Waals surface area contributed by atoms with Gasteiger partial charge in [0.05, 0.1) is 20.6 Å². The summed E-state index contributed by atoms with van der Waals surface area (Å²) in [5, 5.41) is 12.5. The topological polar surface area (TPSA) is 33.0 Å². The van der Waals surface area contributed by atoms with Crippen LogP contribution in [-0.2, 0) is 6.61 Å². The van der Waals surface area contributed by atoms with Crippen LogP contribution in [0.2, 0.25) is 5.02 Å². The molecule has 0 heterocycles. The van der Waals surface area contributed by atoms with Crippen molar-refractivity contribution in [3.05, 3.63) is 110 Å². The molecule has 0 spiro atoms. The highest BCUT2D eigenvalue weighted by molar-refractivity contribution is 9.11. The molecule has 0 fully saturated rings. The molecule has 0 radical (unpaired) electrons. The summed E-state index contributed by atoms with van der Waals surface area (Å²) < 4.78 is 7.74. The average Bonchev–Trinajstić information content (AvgIpc) is 2.77. The predicted octanol–water partition coefficient (Wildman–Crippen LogP) is 8.66. The van der Waals surface area contributed by atoms with Gasteiger partial charge in [0, 0.05) is 10.6 Å². The number of fused-ring (bicyclic) bond motifs is 1. The van der Waals surface area contributed by atoms with Gasteiger partial charge < -0.3 is 4.74 Å². The quantitative estimate of drug-likeness (QED) is 0.183. The van der Waals surface area contributed by atoms with Crippen LogP contribution in [0, 0.1) is 11.3 Å². The number of nitrogens with zero attached hydrogens (tertiary/aromatic N) is 1. The molecule has 0 aromatic heterocycles. The largest absolute Gasteiger partial charge is 0.487 e. The van der Waals surface area contributed by atoms with E-state index < -0.39 is 0 Å². The number of rotatable bonds is 5. The Morgan fingerprint density at radius 2 is 1.61 bits per heavy atom. The van der Waals surface area contributed by atoms with Gasteiger partial charge in [-0.1, -0.05) is 72.3 Å². The first-order chi connectivity index (χ1) is 15.1.